The quantitative estimate of drug-likeness (QED) is 0.690. The molecule has 1 unspecified atom stereocenters. The van der Waals surface area contributed by atoms with Crippen LogP contribution in [0.1, 0.15) is 31.7 Å². The molecule has 1 atom stereocenters. The smallest absolute Gasteiger partial charge is 0.309 e. The van der Waals surface area contributed by atoms with E-state index in [-0.39, 0.29) is 11.9 Å². The van der Waals surface area contributed by atoms with Crippen molar-refractivity contribution in [1.29, 1.82) is 0 Å². The summed E-state index contributed by atoms with van der Waals surface area (Å²) < 4.78 is 4.88. The van der Waals surface area contributed by atoms with Gasteiger partial charge in [-0.15, -0.1) is 0 Å². The number of carbonyl (C=O) groups is 1. The van der Waals surface area contributed by atoms with Gasteiger partial charge < -0.3 is 9.64 Å². The topological polar surface area (TPSA) is 32.8 Å². The Labute approximate surface area is 140 Å². The van der Waals surface area contributed by atoms with E-state index in [0.29, 0.717) is 0 Å². The van der Waals surface area contributed by atoms with Gasteiger partial charge in [-0.05, 0) is 31.5 Å². The Kier molecular flexibility index (Phi) is 7.56. The highest BCUT2D eigenvalue weighted by Gasteiger charge is 2.19. The van der Waals surface area contributed by atoms with Crippen LogP contribution in [-0.2, 0) is 16.1 Å². The standard InChI is InChI=1S/C19H30N2O2/c1-17(19(22)23-2)15-21(16-18-9-5-3-6-10-18)14-13-20-11-7-4-8-12-20/h3,5-6,9-10,17H,4,7-8,11-16H2,1-2H3. The summed E-state index contributed by atoms with van der Waals surface area (Å²) in [4.78, 5) is 16.7. The molecule has 1 fully saturated rings. The van der Waals surface area contributed by atoms with E-state index in [1.165, 1.54) is 45.0 Å². The lowest BCUT2D eigenvalue weighted by molar-refractivity contribution is -0.145. The van der Waals surface area contributed by atoms with Crippen LogP contribution in [-0.4, -0.2) is 55.6 Å². The van der Waals surface area contributed by atoms with Crippen LogP contribution < -0.4 is 0 Å². The zero-order chi connectivity index (χ0) is 16.5. The first-order valence-corrected chi connectivity index (χ1v) is 8.75. The molecule has 1 aromatic rings. The number of hydrogen-bond acceptors (Lipinski definition) is 4. The Bertz CT molecular complexity index is 458. The second-order valence-electron chi connectivity index (χ2n) is 6.55. The number of nitrogens with zero attached hydrogens (tertiary/aromatic N) is 2. The molecule has 1 heterocycles. The molecule has 0 amide bonds. The second-order valence-corrected chi connectivity index (χ2v) is 6.55. The van der Waals surface area contributed by atoms with Gasteiger partial charge in [-0.2, -0.15) is 0 Å². The SMILES string of the molecule is COC(=O)C(C)CN(CCN1CCCCC1)Cc1ccccc1. The van der Waals surface area contributed by atoms with Crippen LogP contribution in [0.2, 0.25) is 0 Å². The number of esters is 1. The summed E-state index contributed by atoms with van der Waals surface area (Å²) in [6, 6.07) is 10.5. The minimum absolute atomic E-state index is 0.0925. The molecule has 1 saturated heterocycles. The van der Waals surface area contributed by atoms with E-state index < -0.39 is 0 Å². The van der Waals surface area contributed by atoms with Crippen LogP contribution in [0.3, 0.4) is 0 Å². The summed E-state index contributed by atoms with van der Waals surface area (Å²) >= 11 is 0. The van der Waals surface area contributed by atoms with E-state index in [1.807, 2.05) is 13.0 Å². The number of carbonyl (C=O) groups excluding carboxylic acids is 1. The zero-order valence-corrected chi connectivity index (χ0v) is 14.5. The molecular weight excluding hydrogens is 288 g/mol. The van der Waals surface area contributed by atoms with Crippen LogP contribution in [0.4, 0.5) is 0 Å². The summed E-state index contributed by atoms with van der Waals surface area (Å²) in [7, 11) is 1.47. The fourth-order valence-corrected chi connectivity index (χ4v) is 3.21. The first-order chi connectivity index (χ1) is 11.2. The van der Waals surface area contributed by atoms with Crippen LogP contribution in [0.5, 0.6) is 0 Å². The van der Waals surface area contributed by atoms with Gasteiger partial charge in [-0.25, -0.2) is 0 Å². The van der Waals surface area contributed by atoms with Crippen molar-refractivity contribution >= 4 is 5.97 Å². The second kappa shape index (κ2) is 9.68. The molecule has 2 rings (SSSR count). The Morgan fingerprint density at radius 2 is 1.91 bits per heavy atom. The normalized spacial score (nSPS) is 17.2. The van der Waals surface area contributed by atoms with Crippen molar-refractivity contribution in [2.75, 3.05) is 39.8 Å². The van der Waals surface area contributed by atoms with Crippen molar-refractivity contribution < 1.29 is 9.53 Å². The van der Waals surface area contributed by atoms with Gasteiger partial charge in [0.2, 0.25) is 0 Å². The van der Waals surface area contributed by atoms with Gasteiger partial charge in [0, 0.05) is 26.2 Å². The summed E-state index contributed by atoms with van der Waals surface area (Å²) in [5.74, 6) is -0.217. The maximum atomic E-state index is 11.7. The molecule has 0 aromatic heterocycles. The fraction of sp³-hybridized carbons (Fsp3) is 0.632. The lowest BCUT2D eigenvalue weighted by atomic mass is 10.1. The third-order valence-electron chi connectivity index (χ3n) is 4.57. The summed E-state index contributed by atoms with van der Waals surface area (Å²) in [6.45, 7) is 8.09. The molecular formula is C19H30N2O2. The molecule has 0 bridgehead atoms. The Morgan fingerprint density at radius 3 is 2.57 bits per heavy atom. The van der Waals surface area contributed by atoms with Crippen molar-refractivity contribution in [2.45, 2.75) is 32.7 Å². The molecule has 23 heavy (non-hydrogen) atoms. The highest BCUT2D eigenvalue weighted by molar-refractivity contribution is 5.72. The van der Waals surface area contributed by atoms with Gasteiger partial charge in [0.1, 0.15) is 0 Å². The van der Waals surface area contributed by atoms with E-state index in [9.17, 15) is 4.79 Å². The Balaban J connectivity index is 1.91. The van der Waals surface area contributed by atoms with Crippen molar-refractivity contribution in [2.24, 2.45) is 5.92 Å². The van der Waals surface area contributed by atoms with Gasteiger partial charge in [0.25, 0.3) is 0 Å². The maximum absolute atomic E-state index is 11.7. The van der Waals surface area contributed by atoms with Crippen molar-refractivity contribution in [3.05, 3.63) is 35.9 Å². The van der Waals surface area contributed by atoms with E-state index in [4.69, 9.17) is 4.74 Å². The Hall–Kier alpha value is -1.39. The maximum Gasteiger partial charge on any atom is 0.309 e. The van der Waals surface area contributed by atoms with Crippen molar-refractivity contribution in [1.82, 2.24) is 9.80 Å². The molecule has 0 spiro atoms. The summed E-state index contributed by atoms with van der Waals surface area (Å²) in [6.07, 6.45) is 4.00. The largest absolute Gasteiger partial charge is 0.469 e. The lowest BCUT2D eigenvalue weighted by Crippen LogP contribution is -2.40. The van der Waals surface area contributed by atoms with Crippen molar-refractivity contribution in [3.8, 4) is 0 Å². The van der Waals surface area contributed by atoms with E-state index in [0.717, 1.165) is 26.2 Å². The van der Waals surface area contributed by atoms with Crippen LogP contribution in [0.25, 0.3) is 0 Å². The molecule has 0 saturated carbocycles. The van der Waals surface area contributed by atoms with Crippen LogP contribution >= 0.6 is 0 Å². The highest BCUT2D eigenvalue weighted by atomic mass is 16.5. The molecule has 0 N–H and O–H groups in total. The average Bonchev–Trinajstić information content (AvgIpc) is 2.60. The third kappa shape index (κ3) is 6.32. The highest BCUT2D eigenvalue weighted by Crippen LogP contribution is 2.11. The summed E-state index contributed by atoms with van der Waals surface area (Å²) in [5.41, 5.74) is 1.29. The first kappa shape index (κ1) is 18.0. The number of methoxy groups -OCH3 is 1. The Morgan fingerprint density at radius 1 is 1.22 bits per heavy atom. The number of benzene rings is 1. The van der Waals surface area contributed by atoms with Crippen molar-refractivity contribution in [3.63, 3.8) is 0 Å². The van der Waals surface area contributed by atoms with E-state index >= 15 is 0 Å². The number of ether oxygens (including phenoxy) is 1. The molecule has 4 heteroatoms. The first-order valence-electron chi connectivity index (χ1n) is 8.75. The zero-order valence-electron chi connectivity index (χ0n) is 14.5. The number of likely N-dealkylation sites (tertiary alicyclic amines) is 1. The molecule has 1 aliphatic heterocycles. The van der Waals surface area contributed by atoms with Crippen LogP contribution in [0.15, 0.2) is 30.3 Å². The van der Waals surface area contributed by atoms with Gasteiger partial charge >= 0.3 is 5.97 Å². The third-order valence-corrected chi connectivity index (χ3v) is 4.57. The predicted octanol–water partition coefficient (Wildman–Crippen LogP) is 2.78. The predicted molar refractivity (Wildman–Crippen MR) is 93.2 cm³/mol. The monoisotopic (exact) mass is 318 g/mol. The molecule has 0 radical (unpaired) electrons. The molecule has 1 aromatic carbocycles. The minimum atomic E-state index is -0.124. The van der Waals surface area contributed by atoms with Gasteiger partial charge in [0.05, 0.1) is 13.0 Å². The van der Waals surface area contributed by atoms with Gasteiger partial charge in [-0.1, -0.05) is 43.7 Å². The fourth-order valence-electron chi connectivity index (χ4n) is 3.21. The number of piperidine rings is 1. The van der Waals surface area contributed by atoms with Gasteiger partial charge in [-0.3, -0.25) is 9.69 Å². The van der Waals surface area contributed by atoms with E-state index in [2.05, 4.69) is 34.1 Å². The number of rotatable bonds is 8. The minimum Gasteiger partial charge on any atom is -0.469 e. The lowest BCUT2D eigenvalue weighted by Gasteiger charge is -2.31. The average molecular weight is 318 g/mol. The van der Waals surface area contributed by atoms with Crippen LogP contribution in [0, 0.1) is 5.92 Å². The van der Waals surface area contributed by atoms with E-state index in [1.54, 1.807) is 0 Å². The molecule has 0 aliphatic carbocycles. The van der Waals surface area contributed by atoms with Gasteiger partial charge in [0.15, 0.2) is 0 Å². The molecule has 128 valence electrons. The molecule has 4 nitrogen and oxygen atoms in total. The summed E-state index contributed by atoms with van der Waals surface area (Å²) in [5, 5.41) is 0. The molecule has 1 aliphatic rings. The number of hydrogen-bond donors (Lipinski definition) is 0.